The number of benzene rings is 1. The highest BCUT2D eigenvalue weighted by Gasteiger charge is 2.18. The van der Waals surface area contributed by atoms with Gasteiger partial charge in [-0.3, -0.25) is 19.6 Å². The molecular formula is C21H17Cl2N3O3. The number of nitrogens with zero attached hydrogens (tertiary/aromatic N) is 2. The Labute approximate surface area is 177 Å². The molecule has 0 aliphatic rings. The first-order chi connectivity index (χ1) is 14.0. The van der Waals surface area contributed by atoms with E-state index in [4.69, 9.17) is 27.9 Å². The van der Waals surface area contributed by atoms with Gasteiger partial charge >= 0.3 is 5.97 Å². The summed E-state index contributed by atoms with van der Waals surface area (Å²) in [6.07, 6.45) is 5.99. The molecule has 0 saturated carbocycles. The summed E-state index contributed by atoms with van der Waals surface area (Å²) in [5, 5.41) is 3.05. The molecule has 29 heavy (non-hydrogen) atoms. The lowest BCUT2D eigenvalue weighted by Gasteiger charge is -2.13. The molecule has 3 aromatic rings. The minimum absolute atomic E-state index is 0.153. The van der Waals surface area contributed by atoms with Crippen molar-refractivity contribution in [3.63, 3.8) is 0 Å². The largest absolute Gasteiger partial charge is 0.460 e. The molecule has 1 unspecified atom stereocenters. The molecule has 2 aromatic heterocycles. The van der Waals surface area contributed by atoms with Crippen LogP contribution in [0.3, 0.4) is 0 Å². The third-order valence-corrected chi connectivity index (χ3v) is 4.81. The first-order valence-corrected chi connectivity index (χ1v) is 9.47. The van der Waals surface area contributed by atoms with E-state index in [1.54, 1.807) is 55.7 Å². The monoisotopic (exact) mass is 429 g/mol. The van der Waals surface area contributed by atoms with Crippen LogP contribution < -0.4 is 5.32 Å². The number of hydrogen-bond acceptors (Lipinski definition) is 5. The lowest BCUT2D eigenvalue weighted by atomic mass is 10.0. The van der Waals surface area contributed by atoms with Crippen LogP contribution in [0, 0.1) is 0 Å². The van der Waals surface area contributed by atoms with E-state index in [0.717, 1.165) is 11.1 Å². The summed E-state index contributed by atoms with van der Waals surface area (Å²) >= 11 is 12.0. The second-order valence-corrected chi connectivity index (χ2v) is 7.05. The number of hydrogen-bond donors (Lipinski definition) is 1. The second-order valence-electron chi connectivity index (χ2n) is 6.24. The molecule has 6 nitrogen and oxygen atoms in total. The molecule has 0 aliphatic carbocycles. The molecule has 148 valence electrons. The zero-order chi connectivity index (χ0) is 20.8. The van der Waals surface area contributed by atoms with Gasteiger partial charge in [-0.1, -0.05) is 35.3 Å². The van der Waals surface area contributed by atoms with Crippen LogP contribution in [0.15, 0.2) is 61.2 Å². The Morgan fingerprint density at radius 3 is 2.24 bits per heavy atom. The standard InChI is InChI=1S/C21H17Cl2N3O3/c1-13(21(28)29-12-14-6-8-24-9-7-14)15-2-4-16(5-3-15)26-20(27)19-17(22)10-25-11-18(19)23/h2-11,13H,12H2,1H3,(H,26,27). The third kappa shape index (κ3) is 5.31. The zero-order valence-electron chi connectivity index (χ0n) is 15.4. The fourth-order valence-corrected chi connectivity index (χ4v) is 3.11. The van der Waals surface area contributed by atoms with Crippen LogP contribution in [0.1, 0.15) is 34.3 Å². The smallest absolute Gasteiger partial charge is 0.313 e. The average molecular weight is 430 g/mol. The SMILES string of the molecule is CC(C(=O)OCc1ccncc1)c1ccc(NC(=O)c2c(Cl)cncc2Cl)cc1. The molecule has 1 atom stereocenters. The van der Waals surface area contributed by atoms with Gasteiger partial charge in [-0.15, -0.1) is 0 Å². The van der Waals surface area contributed by atoms with Gasteiger partial charge in [-0.05, 0) is 42.3 Å². The molecule has 0 radical (unpaired) electrons. The quantitative estimate of drug-likeness (QED) is 0.564. The molecule has 1 aromatic carbocycles. The van der Waals surface area contributed by atoms with Crippen molar-refractivity contribution in [1.29, 1.82) is 0 Å². The maximum Gasteiger partial charge on any atom is 0.313 e. The van der Waals surface area contributed by atoms with Gasteiger partial charge in [-0.2, -0.15) is 0 Å². The predicted molar refractivity (Wildman–Crippen MR) is 111 cm³/mol. The van der Waals surface area contributed by atoms with E-state index in [9.17, 15) is 9.59 Å². The zero-order valence-corrected chi connectivity index (χ0v) is 16.9. The molecule has 0 saturated heterocycles. The average Bonchev–Trinajstić information content (AvgIpc) is 2.72. The second kappa shape index (κ2) is 9.49. The molecule has 0 aliphatic heterocycles. The highest BCUT2D eigenvalue weighted by Crippen LogP contribution is 2.25. The molecule has 8 heteroatoms. The van der Waals surface area contributed by atoms with E-state index in [-0.39, 0.29) is 28.2 Å². The van der Waals surface area contributed by atoms with Crippen molar-refractivity contribution in [2.45, 2.75) is 19.4 Å². The minimum atomic E-state index is -0.453. The maximum atomic E-state index is 12.4. The Hall–Kier alpha value is -2.96. The number of nitrogens with one attached hydrogen (secondary N) is 1. The number of anilines is 1. The minimum Gasteiger partial charge on any atom is -0.460 e. The van der Waals surface area contributed by atoms with Crippen molar-refractivity contribution < 1.29 is 14.3 Å². The highest BCUT2D eigenvalue weighted by atomic mass is 35.5. The number of ether oxygens (including phenoxy) is 1. The van der Waals surface area contributed by atoms with E-state index in [1.807, 2.05) is 0 Å². The molecule has 1 amide bonds. The Bertz CT molecular complexity index is 991. The van der Waals surface area contributed by atoms with Crippen LogP contribution in [-0.4, -0.2) is 21.8 Å². The van der Waals surface area contributed by atoms with Crippen LogP contribution in [0.5, 0.6) is 0 Å². The normalized spacial score (nSPS) is 11.6. The first kappa shape index (κ1) is 20.8. The summed E-state index contributed by atoms with van der Waals surface area (Å²) in [5.41, 5.74) is 2.33. The van der Waals surface area contributed by atoms with Crippen LogP contribution in [0.2, 0.25) is 10.0 Å². The van der Waals surface area contributed by atoms with Gasteiger partial charge < -0.3 is 10.1 Å². The molecule has 3 rings (SSSR count). The third-order valence-electron chi connectivity index (χ3n) is 4.23. The number of pyridine rings is 2. The maximum absolute atomic E-state index is 12.4. The summed E-state index contributed by atoms with van der Waals surface area (Å²) in [5.74, 6) is -1.24. The van der Waals surface area contributed by atoms with E-state index in [0.29, 0.717) is 5.69 Å². The lowest BCUT2D eigenvalue weighted by molar-refractivity contribution is -0.146. The summed E-state index contributed by atoms with van der Waals surface area (Å²) in [6, 6.07) is 10.5. The van der Waals surface area contributed by atoms with Crippen LogP contribution >= 0.6 is 23.2 Å². The number of rotatable bonds is 6. The van der Waals surface area contributed by atoms with Crippen LogP contribution in [0.4, 0.5) is 5.69 Å². The van der Waals surface area contributed by atoms with E-state index >= 15 is 0 Å². The van der Waals surface area contributed by atoms with Gasteiger partial charge in [0.15, 0.2) is 0 Å². The molecule has 0 fully saturated rings. The fourth-order valence-electron chi connectivity index (χ4n) is 2.57. The van der Waals surface area contributed by atoms with Gasteiger partial charge in [0.05, 0.1) is 21.5 Å². The number of esters is 1. The lowest BCUT2D eigenvalue weighted by Crippen LogP contribution is -2.15. The fraction of sp³-hybridized carbons (Fsp3) is 0.143. The van der Waals surface area contributed by atoms with Gasteiger partial charge in [0.1, 0.15) is 6.61 Å². The molecule has 2 heterocycles. The Balaban J connectivity index is 1.62. The van der Waals surface area contributed by atoms with Crippen molar-refractivity contribution in [1.82, 2.24) is 9.97 Å². The summed E-state index contributed by atoms with van der Waals surface area (Å²) < 4.78 is 5.35. The Morgan fingerprint density at radius 1 is 1.00 bits per heavy atom. The topological polar surface area (TPSA) is 81.2 Å². The summed E-state index contributed by atoms with van der Waals surface area (Å²) in [7, 11) is 0. The van der Waals surface area contributed by atoms with Gasteiger partial charge in [0, 0.05) is 30.5 Å². The molecule has 1 N–H and O–H groups in total. The molecular weight excluding hydrogens is 413 g/mol. The Kier molecular flexibility index (Phi) is 6.80. The van der Waals surface area contributed by atoms with Crippen molar-refractivity contribution in [2.75, 3.05) is 5.32 Å². The van der Waals surface area contributed by atoms with Gasteiger partial charge in [0.2, 0.25) is 0 Å². The molecule has 0 bridgehead atoms. The number of aromatic nitrogens is 2. The number of amides is 1. The van der Waals surface area contributed by atoms with Gasteiger partial charge in [-0.25, -0.2) is 0 Å². The van der Waals surface area contributed by atoms with Gasteiger partial charge in [0.25, 0.3) is 5.91 Å². The van der Waals surface area contributed by atoms with E-state index in [1.165, 1.54) is 12.4 Å². The number of carbonyl (C=O) groups excluding carboxylic acids is 2. The van der Waals surface area contributed by atoms with E-state index < -0.39 is 11.8 Å². The van der Waals surface area contributed by atoms with Crippen molar-refractivity contribution in [3.05, 3.63) is 87.9 Å². The van der Waals surface area contributed by atoms with Crippen molar-refractivity contribution >= 4 is 40.8 Å². The highest BCUT2D eigenvalue weighted by molar-refractivity contribution is 6.40. The Morgan fingerprint density at radius 2 is 1.62 bits per heavy atom. The van der Waals surface area contributed by atoms with E-state index in [2.05, 4.69) is 15.3 Å². The summed E-state index contributed by atoms with van der Waals surface area (Å²) in [4.78, 5) is 32.5. The molecule has 0 spiro atoms. The van der Waals surface area contributed by atoms with Crippen LogP contribution in [-0.2, 0) is 16.1 Å². The first-order valence-electron chi connectivity index (χ1n) is 8.71. The van der Waals surface area contributed by atoms with Crippen molar-refractivity contribution in [2.24, 2.45) is 0 Å². The summed E-state index contributed by atoms with van der Waals surface area (Å²) in [6.45, 7) is 1.95. The van der Waals surface area contributed by atoms with Crippen molar-refractivity contribution in [3.8, 4) is 0 Å². The van der Waals surface area contributed by atoms with Crippen LogP contribution in [0.25, 0.3) is 0 Å². The number of carbonyl (C=O) groups is 2. The number of halogens is 2. The predicted octanol–water partition coefficient (Wildman–Crippen LogP) is 4.88.